The second-order valence-corrected chi connectivity index (χ2v) is 10.9. The number of amides is 1. The van der Waals surface area contributed by atoms with Crippen molar-refractivity contribution < 1.29 is 14.6 Å². The van der Waals surface area contributed by atoms with Gasteiger partial charge in [0, 0.05) is 28.6 Å². The SMILES string of the molecule is CCC(C)(C)c1ccc(OCCCCNC(=O)c2cc(N)c3ccccc3c2O)c(C(C)(C)CC)c1. The minimum atomic E-state index is -0.327. The average Bonchev–Trinajstić information content (AvgIpc) is 2.88. The highest BCUT2D eigenvalue weighted by atomic mass is 16.5. The maximum absolute atomic E-state index is 12.7. The van der Waals surface area contributed by atoms with Gasteiger partial charge in [0.25, 0.3) is 5.91 Å². The molecule has 3 rings (SSSR count). The highest BCUT2D eigenvalue weighted by Crippen LogP contribution is 2.38. The van der Waals surface area contributed by atoms with Crippen LogP contribution in [0.3, 0.4) is 0 Å². The fourth-order valence-electron chi connectivity index (χ4n) is 4.27. The van der Waals surface area contributed by atoms with Crippen LogP contribution in [-0.2, 0) is 10.8 Å². The van der Waals surface area contributed by atoms with E-state index in [1.165, 1.54) is 17.2 Å². The van der Waals surface area contributed by atoms with Crippen molar-refractivity contribution in [3.05, 3.63) is 65.2 Å². The molecule has 4 N–H and O–H groups in total. The lowest BCUT2D eigenvalue weighted by atomic mass is 9.76. The molecular formula is C31H42N2O3. The Hall–Kier alpha value is -3.21. The van der Waals surface area contributed by atoms with Crippen LogP contribution in [-0.4, -0.2) is 24.2 Å². The fourth-order valence-corrected chi connectivity index (χ4v) is 4.27. The molecule has 3 aromatic carbocycles. The van der Waals surface area contributed by atoms with Crippen LogP contribution < -0.4 is 15.8 Å². The number of phenolic OH excluding ortho intramolecular Hbond substituents is 1. The number of hydrogen-bond donors (Lipinski definition) is 3. The Kier molecular flexibility index (Phi) is 8.55. The zero-order valence-electron chi connectivity index (χ0n) is 22.7. The number of nitrogens with two attached hydrogens (primary N) is 1. The molecule has 0 aliphatic rings. The molecule has 0 aromatic heterocycles. The second kappa shape index (κ2) is 11.2. The van der Waals surface area contributed by atoms with Crippen LogP contribution in [0.4, 0.5) is 5.69 Å². The quantitative estimate of drug-likeness (QED) is 0.152. The molecule has 0 aliphatic heterocycles. The molecule has 0 atom stereocenters. The number of ether oxygens (including phenoxy) is 1. The van der Waals surface area contributed by atoms with Gasteiger partial charge in [-0.15, -0.1) is 0 Å². The maximum atomic E-state index is 12.7. The standard InChI is InChI=1S/C31H42N2O3/c1-7-30(3,4)21-15-16-27(25(19-21)31(5,6)8-2)36-18-12-11-17-33-29(35)24-20-26(32)22-13-9-10-14-23(22)28(24)34/h9-10,13-16,19-20,34H,7-8,11-12,17-18,32H2,1-6H3,(H,33,35). The van der Waals surface area contributed by atoms with E-state index in [1.54, 1.807) is 6.07 Å². The molecule has 1 amide bonds. The molecule has 0 bridgehead atoms. The summed E-state index contributed by atoms with van der Waals surface area (Å²) in [5.41, 5.74) is 9.51. The number of phenols is 1. The number of rotatable bonds is 11. The fraction of sp³-hybridized carbons (Fsp3) is 0.452. The number of hydrogen-bond acceptors (Lipinski definition) is 4. The van der Waals surface area contributed by atoms with Crippen LogP contribution in [0, 0.1) is 0 Å². The van der Waals surface area contributed by atoms with E-state index in [4.69, 9.17) is 10.5 Å². The molecule has 3 aromatic rings. The largest absolute Gasteiger partial charge is 0.506 e. The van der Waals surface area contributed by atoms with Crippen LogP contribution in [0.25, 0.3) is 10.8 Å². The van der Waals surface area contributed by atoms with Gasteiger partial charge in [0.2, 0.25) is 0 Å². The van der Waals surface area contributed by atoms with Crippen LogP contribution in [0.2, 0.25) is 0 Å². The molecular weight excluding hydrogens is 448 g/mol. The Morgan fingerprint density at radius 1 is 0.944 bits per heavy atom. The molecule has 0 fully saturated rings. The Morgan fingerprint density at radius 2 is 1.61 bits per heavy atom. The van der Waals surface area contributed by atoms with Crippen LogP contribution in [0.15, 0.2) is 48.5 Å². The summed E-state index contributed by atoms with van der Waals surface area (Å²) in [6.07, 6.45) is 3.68. The van der Waals surface area contributed by atoms with Crippen molar-refractivity contribution in [2.45, 2.75) is 78.1 Å². The van der Waals surface area contributed by atoms with Crippen LogP contribution in [0.5, 0.6) is 11.5 Å². The van der Waals surface area contributed by atoms with E-state index in [-0.39, 0.29) is 28.1 Å². The first-order chi connectivity index (χ1) is 17.0. The number of anilines is 1. The molecule has 5 heteroatoms. The molecule has 0 unspecified atom stereocenters. The van der Waals surface area contributed by atoms with Crippen molar-refractivity contribution in [3.8, 4) is 11.5 Å². The highest BCUT2D eigenvalue weighted by molar-refractivity contribution is 6.07. The second-order valence-electron chi connectivity index (χ2n) is 10.9. The molecule has 0 heterocycles. The highest BCUT2D eigenvalue weighted by Gasteiger charge is 2.26. The Balaban J connectivity index is 1.58. The topological polar surface area (TPSA) is 84.6 Å². The molecule has 194 valence electrons. The first-order valence-electron chi connectivity index (χ1n) is 13.1. The Labute approximate surface area is 216 Å². The number of unbranched alkanes of at least 4 members (excludes halogenated alkanes) is 1. The predicted molar refractivity (Wildman–Crippen MR) is 150 cm³/mol. The van der Waals surface area contributed by atoms with Gasteiger partial charge in [0.1, 0.15) is 11.5 Å². The van der Waals surface area contributed by atoms with Crippen molar-refractivity contribution in [3.63, 3.8) is 0 Å². The molecule has 0 spiro atoms. The number of carbonyl (C=O) groups excluding carboxylic acids is 1. The summed E-state index contributed by atoms with van der Waals surface area (Å²) in [5.74, 6) is 0.575. The van der Waals surface area contributed by atoms with Crippen molar-refractivity contribution in [2.75, 3.05) is 18.9 Å². The van der Waals surface area contributed by atoms with E-state index in [0.717, 1.165) is 36.8 Å². The zero-order chi connectivity index (χ0) is 26.5. The van der Waals surface area contributed by atoms with Gasteiger partial charge in [0.05, 0.1) is 12.2 Å². The number of fused-ring (bicyclic) bond motifs is 1. The minimum absolute atomic E-state index is 0.0207. The summed E-state index contributed by atoms with van der Waals surface area (Å²) >= 11 is 0. The van der Waals surface area contributed by atoms with E-state index in [0.29, 0.717) is 24.2 Å². The molecule has 0 aliphatic carbocycles. The summed E-state index contributed by atoms with van der Waals surface area (Å²) in [4.78, 5) is 12.7. The lowest BCUT2D eigenvalue weighted by Gasteiger charge is -2.30. The summed E-state index contributed by atoms with van der Waals surface area (Å²) in [6, 6.07) is 15.4. The van der Waals surface area contributed by atoms with Gasteiger partial charge in [-0.2, -0.15) is 0 Å². The van der Waals surface area contributed by atoms with Gasteiger partial charge < -0.3 is 20.9 Å². The monoisotopic (exact) mass is 490 g/mol. The summed E-state index contributed by atoms with van der Waals surface area (Å²) in [6.45, 7) is 14.6. The molecule has 0 saturated heterocycles. The van der Waals surface area contributed by atoms with Crippen molar-refractivity contribution >= 4 is 22.4 Å². The molecule has 36 heavy (non-hydrogen) atoms. The number of nitrogens with one attached hydrogen (secondary N) is 1. The zero-order valence-corrected chi connectivity index (χ0v) is 22.7. The lowest BCUT2D eigenvalue weighted by molar-refractivity contribution is 0.0950. The van der Waals surface area contributed by atoms with E-state index in [2.05, 4.69) is 65.1 Å². The first-order valence-corrected chi connectivity index (χ1v) is 13.1. The number of nitrogen functional groups attached to an aromatic ring is 1. The predicted octanol–water partition coefficient (Wildman–Crippen LogP) is 7.09. The lowest BCUT2D eigenvalue weighted by Crippen LogP contribution is -2.25. The third-order valence-corrected chi connectivity index (χ3v) is 7.66. The Morgan fingerprint density at radius 3 is 2.28 bits per heavy atom. The van der Waals surface area contributed by atoms with E-state index in [1.807, 2.05) is 18.2 Å². The summed E-state index contributed by atoms with van der Waals surface area (Å²) in [7, 11) is 0. The van der Waals surface area contributed by atoms with Crippen LogP contribution >= 0.6 is 0 Å². The van der Waals surface area contributed by atoms with Gasteiger partial charge in [0.15, 0.2) is 0 Å². The maximum Gasteiger partial charge on any atom is 0.255 e. The van der Waals surface area contributed by atoms with Gasteiger partial charge in [-0.1, -0.05) is 77.9 Å². The van der Waals surface area contributed by atoms with E-state index < -0.39 is 0 Å². The third kappa shape index (κ3) is 5.95. The minimum Gasteiger partial charge on any atom is -0.506 e. The number of aromatic hydroxyl groups is 1. The van der Waals surface area contributed by atoms with E-state index in [9.17, 15) is 9.90 Å². The van der Waals surface area contributed by atoms with Gasteiger partial charge >= 0.3 is 0 Å². The molecule has 5 nitrogen and oxygen atoms in total. The summed E-state index contributed by atoms with van der Waals surface area (Å²) < 4.78 is 6.23. The third-order valence-electron chi connectivity index (χ3n) is 7.66. The first kappa shape index (κ1) is 27.4. The van der Waals surface area contributed by atoms with Crippen LogP contribution in [0.1, 0.15) is 88.7 Å². The van der Waals surface area contributed by atoms with Crippen molar-refractivity contribution in [1.29, 1.82) is 0 Å². The van der Waals surface area contributed by atoms with Gasteiger partial charge in [-0.05, 0) is 54.2 Å². The summed E-state index contributed by atoms with van der Waals surface area (Å²) in [5, 5.41) is 14.8. The van der Waals surface area contributed by atoms with Gasteiger partial charge in [-0.25, -0.2) is 0 Å². The number of benzene rings is 3. The molecule has 0 radical (unpaired) electrons. The average molecular weight is 491 g/mol. The number of carbonyl (C=O) groups is 1. The Bertz CT molecular complexity index is 1210. The molecule has 0 saturated carbocycles. The smallest absolute Gasteiger partial charge is 0.255 e. The van der Waals surface area contributed by atoms with Crippen molar-refractivity contribution in [1.82, 2.24) is 5.32 Å². The van der Waals surface area contributed by atoms with Gasteiger partial charge in [-0.3, -0.25) is 4.79 Å². The van der Waals surface area contributed by atoms with E-state index >= 15 is 0 Å². The normalized spacial score (nSPS) is 12.1. The van der Waals surface area contributed by atoms with Crippen molar-refractivity contribution in [2.24, 2.45) is 0 Å².